The summed E-state index contributed by atoms with van der Waals surface area (Å²) >= 11 is 12.4. The fourth-order valence-corrected chi connectivity index (χ4v) is 5.29. The molecule has 9 heteroatoms. The Morgan fingerprint density at radius 1 is 1.18 bits per heavy atom. The molecule has 3 aromatic rings. The molecule has 3 atom stereocenters. The van der Waals surface area contributed by atoms with Crippen LogP contribution in [0.5, 0.6) is 11.5 Å². The first-order valence-corrected chi connectivity index (χ1v) is 11.5. The summed E-state index contributed by atoms with van der Waals surface area (Å²) in [6, 6.07) is 5.78. The van der Waals surface area contributed by atoms with Crippen molar-refractivity contribution >= 4 is 34.2 Å². The Bertz CT molecular complexity index is 1250. The zero-order chi connectivity index (χ0) is 24.0. The first-order valence-electron chi connectivity index (χ1n) is 10.7. The van der Waals surface area contributed by atoms with Gasteiger partial charge in [0.15, 0.2) is 0 Å². The Labute approximate surface area is 200 Å². The average molecular weight is 494 g/mol. The van der Waals surface area contributed by atoms with Crippen molar-refractivity contribution in [2.75, 3.05) is 19.6 Å². The summed E-state index contributed by atoms with van der Waals surface area (Å²) in [5.74, 6) is -1.16. The lowest BCUT2D eigenvalue weighted by Gasteiger charge is -2.35. The number of phenolic OH excluding ortho intramolecular Hbond substituents is 2. The van der Waals surface area contributed by atoms with E-state index in [0.717, 1.165) is 12.6 Å². The van der Waals surface area contributed by atoms with E-state index in [-0.39, 0.29) is 49.2 Å². The number of β-amino-alcohol motifs (C(OH)–C–C–N with tert-alkyl or cyclic N) is 1. The topological polar surface area (TPSA) is 114 Å². The zero-order valence-electron chi connectivity index (χ0n) is 18.2. The summed E-state index contributed by atoms with van der Waals surface area (Å²) in [6.45, 7) is 5.40. The van der Waals surface area contributed by atoms with Gasteiger partial charge in [-0.05, 0) is 38.6 Å². The maximum absolute atomic E-state index is 13.5. The largest absolute Gasteiger partial charge is 0.507 e. The summed E-state index contributed by atoms with van der Waals surface area (Å²) in [7, 11) is 0. The number of nitrogens with zero attached hydrogens (tertiary/aromatic N) is 1. The Morgan fingerprint density at radius 2 is 1.85 bits per heavy atom. The quantitative estimate of drug-likeness (QED) is 0.432. The monoisotopic (exact) mass is 493 g/mol. The molecule has 1 aromatic heterocycles. The highest BCUT2D eigenvalue weighted by Gasteiger charge is 2.34. The van der Waals surface area contributed by atoms with Crippen LogP contribution in [0.25, 0.3) is 11.0 Å². The van der Waals surface area contributed by atoms with Crippen molar-refractivity contribution in [3.05, 3.63) is 67.0 Å². The van der Waals surface area contributed by atoms with E-state index in [9.17, 15) is 25.2 Å². The highest BCUT2D eigenvalue weighted by molar-refractivity contribution is 6.36. The number of hydrogen-bond donors (Lipinski definition) is 4. The smallest absolute Gasteiger partial charge is 0.202 e. The van der Waals surface area contributed by atoms with E-state index in [1.165, 1.54) is 6.92 Å². The highest BCUT2D eigenvalue weighted by atomic mass is 35.5. The van der Waals surface area contributed by atoms with Gasteiger partial charge in [0.1, 0.15) is 34.3 Å². The number of benzene rings is 2. The molecule has 4 rings (SSSR count). The number of halogens is 2. The van der Waals surface area contributed by atoms with Crippen molar-refractivity contribution in [3.8, 4) is 11.5 Å². The lowest BCUT2D eigenvalue weighted by molar-refractivity contribution is 0.0533. The van der Waals surface area contributed by atoms with Gasteiger partial charge in [-0.25, -0.2) is 0 Å². The molecule has 3 unspecified atom stereocenters. The second-order valence-corrected chi connectivity index (χ2v) is 9.14. The molecule has 33 heavy (non-hydrogen) atoms. The summed E-state index contributed by atoms with van der Waals surface area (Å²) < 4.78 is 5.95. The number of aryl methyl sites for hydroxylation is 1. The van der Waals surface area contributed by atoms with Gasteiger partial charge in [-0.2, -0.15) is 0 Å². The van der Waals surface area contributed by atoms with Crippen LogP contribution >= 0.6 is 23.2 Å². The number of aliphatic hydroxyl groups excluding tert-OH is 2. The van der Waals surface area contributed by atoms with E-state index >= 15 is 0 Å². The second-order valence-electron chi connectivity index (χ2n) is 8.33. The maximum Gasteiger partial charge on any atom is 0.202 e. The minimum absolute atomic E-state index is 0.00907. The first kappa shape index (κ1) is 23.9. The number of likely N-dealkylation sites (tertiary alicyclic amines) is 1. The SMILES string of the molecule is CCN1CCC(c2c(O)cc(O)c3c(=O)c(C(O)c4c(Cl)cccc4Cl)c(C)oc23)C(O)C1. The summed E-state index contributed by atoms with van der Waals surface area (Å²) in [5, 5.41) is 43.2. The van der Waals surface area contributed by atoms with Gasteiger partial charge in [0.05, 0.1) is 11.7 Å². The van der Waals surface area contributed by atoms with E-state index in [1.54, 1.807) is 18.2 Å². The number of phenols is 2. The Balaban J connectivity index is 1.93. The lowest BCUT2D eigenvalue weighted by atomic mass is 9.85. The van der Waals surface area contributed by atoms with E-state index in [2.05, 4.69) is 4.90 Å². The third-order valence-corrected chi connectivity index (χ3v) is 7.07. The molecule has 2 heterocycles. The van der Waals surface area contributed by atoms with Crippen molar-refractivity contribution in [1.82, 2.24) is 4.90 Å². The number of aliphatic hydroxyl groups is 2. The number of hydrogen-bond acceptors (Lipinski definition) is 7. The third-order valence-electron chi connectivity index (χ3n) is 6.41. The molecule has 0 radical (unpaired) electrons. The van der Waals surface area contributed by atoms with E-state index < -0.39 is 29.3 Å². The van der Waals surface area contributed by atoms with Gasteiger partial charge >= 0.3 is 0 Å². The number of piperidine rings is 1. The molecule has 176 valence electrons. The number of likely N-dealkylation sites (N-methyl/N-ethyl adjacent to an activating group) is 1. The lowest BCUT2D eigenvalue weighted by Crippen LogP contribution is -2.42. The molecule has 4 N–H and O–H groups in total. The number of aromatic hydroxyl groups is 2. The van der Waals surface area contributed by atoms with Crippen molar-refractivity contribution in [3.63, 3.8) is 0 Å². The minimum atomic E-state index is -1.50. The normalized spacial score (nSPS) is 20.3. The van der Waals surface area contributed by atoms with Crippen molar-refractivity contribution < 1.29 is 24.8 Å². The van der Waals surface area contributed by atoms with Crippen LogP contribution in [0.15, 0.2) is 33.5 Å². The van der Waals surface area contributed by atoms with E-state index in [4.69, 9.17) is 27.6 Å². The van der Waals surface area contributed by atoms with Gasteiger partial charge in [-0.15, -0.1) is 0 Å². The van der Waals surface area contributed by atoms with Gasteiger partial charge in [-0.3, -0.25) is 4.79 Å². The van der Waals surface area contributed by atoms with Gasteiger partial charge in [0.2, 0.25) is 5.43 Å². The molecule has 1 fully saturated rings. The van der Waals surface area contributed by atoms with Crippen LogP contribution in [-0.2, 0) is 0 Å². The van der Waals surface area contributed by atoms with Crippen LogP contribution in [0.4, 0.5) is 0 Å². The molecule has 1 aliphatic rings. The fraction of sp³-hybridized carbons (Fsp3) is 0.375. The molecule has 0 amide bonds. The molecule has 7 nitrogen and oxygen atoms in total. The van der Waals surface area contributed by atoms with Gasteiger partial charge < -0.3 is 29.7 Å². The summed E-state index contributed by atoms with van der Waals surface area (Å²) in [5.41, 5.74) is -0.382. The number of rotatable bonds is 4. The molecule has 1 saturated heterocycles. The molecule has 0 spiro atoms. The van der Waals surface area contributed by atoms with E-state index in [0.29, 0.717) is 19.5 Å². The molecule has 2 aromatic carbocycles. The van der Waals surface area contributed by atoms with Crippen molar-refractivity contribution in [2.24, 2.45) is 0 Å². The van der Waals surface area contributed by atoms with Crippen LogP contribution in [0.2, 0.25) is 10.0 Å². The van der Waals surface area contributed by atoms with Crippen LogP contribution < -0.4 is 5.43 Å². The Kier molecular flexibility index (Phi) is 6.62. The molecular weight excluding hydrogens is 469 g/mol. The predicted octanol–water partition coefficient (Wildman–Crippen LogP) is 4.07. The van der Waals surface area contributed by atoms with Gasteiger partial charge in [0, 0.05) is 39.7 Å². The minimum Gasteiger partial charge on any atom is -0.507 e. The second kappa shape index (κ2) is 9.16. The molecule has 0 bridgehead atoms. The molecular formula is C24H25Cl2NO6. The standard InChI is InChI=1S/C24H25Cl2NO6/c1-3-27-8-7-12(17(30)10-27)19-15(28)9-16(29)21-23(32)18(11(2)33-24(19)21)22(31)20-13(25)5-4-6-14(20)26/h4-6,9,12,17,22,28-31H,3,7-8,10H2,1-2H3. The Morgan fingerprint density at radius 3 is 2.45 bits per heavy atom. The van der Waals surface area contributed by atoms with Crippen molar-refractivity contribution in [1.29, 1.82) is 0 Å². The van der Waals surface area contributed by atoms with Gasteiger partial charge in [0.25, 0.3) is 0 Å². The number of fused-ring (bicyclic) bond motifs is 1. The van der Waals surface area contributed by atoms with E-state index in [1.807, 2.05) is 6.92 Å². The van der Waals surface area contributed by atoms with Crippen LogP contribution in [-0.4, -0.2) is 51.1 Å². The third kappa shape index (κ3) is 4.09. The fourth-order valence-electron chi connectivity index (χ4n) is 4.69. The first-order chi connectivity index (χ1) is 15.6. The van der Waals surface area contributed by atoms with Crippen LogP contribution in [0.1, 0.15) is 47.8 Å². The molecule has 0 aliphatic carbocycles. The highest BCUT2D eigenvalue weighted by Crippen LogP contribution is 2.43. The maximum atomic E-state index is 13.5. The van der Waals surface area contributed by atoms with Crippen LogP contribution in [0.3, 0.4) is 0 Å². The molecule has 1 aliphatic heterocycles. The summed E-state index contributed by atoms with van der Waals surface area (Å²) in [6.07, 6.45) is -1.76. The zero-order valence-corrected chi connectivity index (χ0v) is 19.7. The van der Waals surface area contributed by atoms with Crippen molar-refractivity contribution in [2.45, 2.75) is 38.4 Å². The van der Waals surface area contributed by atoms with Gasteiger partial charge in [-0.1, -0.05) is 36.2 Å². The average Bonchev–Trinajstić information content (AvgIpc) is 2.74. The molecule has 0 saturated carbocycles. The predicted molar refractivity (Wildman–Crippen MR) is 127 cm³/mol. The van der Waals surface area contributed by atoms with Crippen LogP contribution in [0, 0.1) is 6.92 Å². The Hall–Kier alpha value is -2.29. The summed E-state index contributed by atoms with van der Waals surface area (Å²) in [4.78, 5) is 15.6.